The summed E-state index contributed by atoms with van der Waals surface area (Å²) in [5.41, 5.74) is -0.388. The standard InChI is InChI=1S/C26H34N2O5/c1-2-3-4-5-6-7-8-9-10-11-20-33-23-16-12-21(13-17-23)26(30)27-24-18-14-22(28(31)32)15-19-25(24)29/h12-19H,2-11,20H2,1H3,(H,27,29,30). The first-order valence-electron chi connectivity index (χ1n) is 11.8. The monoisotopic (exact) mass is 454 g/mol. The van der Waals surface area contributed by atoms with Crippen molar-refractivity contribution in [2.45, 2.75) is 71.1 Å². The summed E-state index contributed by atoms with van der Waals surface area (Å²) in [5.74, 6) is 0.218. The fourth-order valence-corrected chi connectivity index (χ4v) is 3.46. The zero-order valence-corrected chi connectivity index (χ0v) is 19.4. The van der Waals surface area contributed by atoms with E-state index >= 15 is 0 Å². The molecule has 0 aliphatic carbocycles. The summed E-state index contributed by atoms with van der Waals surface area (Å²) >= 11 is 0. The van der Waals surface area contributed by atoms with E-state index < -0.39 is 16.3 Å². The normalized spacial score (nSPS) is 10.6. The number of anilines is 1. The first-order chi connectivity index (χ1) is 16.0. The van der Waals surface area contributed by atoms with Crippen molar-refractivity contribution in [3.63, 3.8) is 0 Å². The van der Waals surface area contributed by atoms with Gasteiger partial charge in [-0.1, -0.05) is 64.7 Å². The Labute approximate surface area is 195 Å². The molecule has 2 aromatic carbocycles. The van der Waals surface area contributed by atoms with E-state index in [1.807, 2.05) is 0 Å². The number of ether oxygens (including phenoxy) is 1. The largest absolute Gasteiger partial charge is 0.494 e. The van der Waals surface area contributed by atoms with Gasteiger partial charge in [0.15, 0.2) is 0 Å². The minimum absolute atomic E-state index is 0.0191. The first-order valence-corrected chi connectivity index (χ1v) is 11.8. The molecular weight excluding hydrogens is 420 g/mol. The zero-order valence-electron chi connectivity index (χ0n) is 19.4. The number of benzene rings is 1. The lowest BCUT2D eigenvalue weighted by molar-refractivity contribution is -0.384. The summed E-state index contributed by atoms with van der Waals surface area (Å²) in [6, 6.07) is 11.3. The van der Waals surface area contributed by atoms with Gasteiger partial charge in [-0.2, -0.15) is 0 Å². The smallest absolute Gasteiger partial charge is 0.269 e. The van der Waals surface area contributed by atoms with Gasteiger partial charge in [0.25, 0.3) is 11.6 Å². The van der Waals surface area contributed by atoms with E-state index in [9.17, 15) is 19.7 Å². The topological polar surface area (TPSA) is 98.5 Å². The maximum absolute atomic E-state index is 12.4. The molecule has 1 amide bonds. The van der Waals surface area contributed by atoms with Gasteiger partial charge in [-0.3, -0.25) is 19.7 Å². The number of carbonyl (C=O) groups excluding carboxylic acids is 1. The third kappa shape index (κ3) is 9.85. The molecular formula is C26H34N2O5. The van der Waals surface area contributed by atoms with E-state index in [0.717, 1.165) is 25.0 Å². The van der Waals surface area contributed by atoms with Crippen LogP contribution in [0.4, 0.5) is 11.4 Å². The van der Waals surface area contributed by atoms with Crippen molar-refractivity contribution in [2.75, 3.05) is 11.9 Å². The predicted octanol–water partition coefficient (Wildman–Crippen LogP) is 6.51. The summed E-state index contributed by atoms with van der Waals surface area (Å²) < 4.78 is 5.75. The molecule has 7 heteroatoms. The van der Waals surface area contributed by atoms with Crippen LogP contribution in [0.5, 0.6) is 5.75 Å². The number of nitrogens with one attached hydrogen (secondary N) is 1. The van der Waals surface area contributed by atoms with Crippen molar-refractivity contribution >= 4 is 17.3 Å². The highest BCUT2D eigenvalue weighted by molar-refractivity contribution is 6.04. The second-order valence-electron chi connectivity index (χ2n) is 8.14. The number of carbonyl (C=O) groups is 1. The number of hydrogen-bond donors (Lipinski definition) is 1. The molecule has 0 unspecified atom stereocenters. The number of amides is 1. The molecule has 0 aromatic heterocycles. The first kappa shape index (κ1) is 26.0. The minimum atomic E-state index is -0.598. The van der Waals surface area contributed by atoms with E-state index in [1.165, 1.54) is 63.5 Å². The molecule has 0 atom stereocenters. The Morgan fingerprint density at radius 1 is 0.848 bits per heavy atom. The van der Waals surface area contributed by atoms with Crippen molar-refractivity contribution < 1.29 is 14.5 Å². The summed E-state index contributed by atoms with van der Waals surface area (Å²) in [5, 5.41) is 13.3. The van der Waals surface area contributed by atoms with E-state index in [2.05, 4.69) is 12.2 Å². The summed E-state index contributed by atoms with van der Waals surface area (Å²) in [7, 11) is 0. The van der Waals surface area contributed by atoms with Gasteiger partial charge in [0.2, 0.25) is 5.43 Å². The van der Waals surface area contributed by atoms with Gasteiger partial charge in [-0.15, -0.1) is 0 Å². The fourth-order valence-electron chi connectivity index (χ4n) is 3.46. The minimum Gasteiger partial charge on any atom is -0.494 e. The summed E-state index contributed by atoms with van der Waals surface area (Å²) in [6.45, 7) is 2.88. The maximum Gasteiger partial charge on any atom is 0.269 e. The second-order valence-corrected chi connectivity index (χ2v) is 8.14. The highest BCUT2D eigenvalue weighted by atomic mass is 16.6. The Balaban J connectivity index is 1.70. The molecule has 7 nitrogen and oxygen atoms in total. The molecule has 0 saturated carbocycles. The quantitative estimate of drug-likeness (QED) is 0.188. The van der Waals surface area contributed by atoms with Crippen LogP contribution in [-0.4, -0.2) is 17.4 Å². The number of unbranched alkanes of at least 4 members (excludes halogenated alkanes) is 9. The van der Waals surface area contributed by atoms with Crippen LogP contribution in [-0.2, 0) is 0 Å². The molecule has 2 aromatic rings. The predicted molar refractivity (Wildman–Crippen MR) is 131 cm³/mol. The van der Waals surface area contributed by atoms with Crippen LogP contribution in [0.2, 0.25) is 0 Å². The lowest BCUT2D eigenvalue weighted by Crippen LogP contribution is -2.16. The Morgan fingerprint density at radius 3 is 2.03 bits per heavy atom. The van der Waals surface area contributed by atoms with Crippen LogP contribution in [0.1, 0.15) is 81.5 Å². The SMILES string of the molecule is CCCCCCCCCCCCOc1ccc(C(=O)Nc2ccc([N+](=O)[O-])ccc2=O)cc1. The van der Waals surface area contributed by atoms with E-state index in [1.54, 1.807) is 24.3 Å². The van der Waals surface area contributed by atoms with Crippen molar-refractivity contribution in [1.82, 2.24) is 0 Å². The van der Waals surface area contributed by atoms with Gasteiger partial charge in [-0.25, -0.2) is 0 Å². The number of rotatable bonds is 15. The van der Waals surface area contributed by atoms with Crippen molar-refractivity contribution in [2.24, 2.45) is 0 Å². The van der Waals surface area contributed by atoms with Gasteiger partial charge >= 0.3 is 0 Å². The lowest BCUT2D eigenvalue weighted by Gasteiger charge is -2.08. The summed E-state index contributed by atoms with van der Waals surface area (Å²) in [6.07, 6.45) is 12.7. The van der Waals surface area contributed by atoms with Gasteiger partial charge in [0.05, 0.1) is 17.2 Å². The zero-order chi connectivity index (χ0) is 23.9. The molecule has 0 spiro atoms. The van der Waals surface area contributed by atoms with Crippen molar-refractivity contribution in [3.8, 4) is 5.75 Å². The molecule has 0 fully saturated rings. The molecule has 2 rings (SSSR count). The molecule has 178 valence electrons. The fraction of sp³-hybridized carbons (Fsp3) is 0.462. The molecule has 0 saturated heterocycles. The molecule has 0 radical (unpaired) electrons. The molecule has 0 aliphatic heterocycles. The van der Waals surface area contributed by atoms with Gasteiger partial charge < -0.3 is 10.1 Å². The van der Waals surface area contributed by atoms with Crippen LogP contribution >= 0.6 is 0 Å². The molecule has 0 heterocycles. The van der Waals surface area contributed by atoms with E-state index in [4.69, 9.17) is 4.74 Å². The number of hydrogen-bond acceptors (Lipinski definition) is 5. The third-order valence-electron chi connectivity index (χ3n) is 5.43. The number of nitro groups is 1. The lowest BCUT2D eigenvalue weighted by atomic mass is 10.1. The van der Waals surface area contributed by atoms with E-state index in [0.29, 0.717) is 17.9 Å². The highest BCUT2D eigenvalue weighted by Gasteiger charge is 2.10. The molecule has 0 aliphatic rings. The average Bonchev–Trinajstić information content (AvgIpc) is 2.99. The second kappa shape index (κ2) is 14.8. The molecule has 1 N–H and O–H groups in total. The van der Waals surface area contributed by atoms with Crippen LogP contribution in [0.15, 0.2) is 53.3 Å². The Morgan fingerprint density at radius 2 is 1.42 bits per heavy atom. The highest BCUT2D eigenvalue weighted by Crippen LogP contribution is 2.16. The maximum atomic E-state index is 12.4. The average molecular weight is 455 g/mol. The van der Waals surface area contributed by atoms with Gasteiger partial charge in [0.1, 0.15) is 5.75 Å². The molecule has 0 bridgehead atoms. The van der Waals surface area contributed by atoms with Gasteiger partial charge in [-0.05, 0) is 42.8 Å². The van der Waals surface area contributed by atoms with E-state index in [-0.39, 0.29) is 11.4 Å². The van der Waals surface area contributed by atoms with Crippen LogP contribution < -0.4 is 15.5 Å². The Hall–Kier alpha value is -3.22. The molecule has 33 heavy (non-hydrogen) atoms. The third-order valence-corrected chi connectivity index (χ3v) is 5.43. The number of nitrogens with zero attached hydrogens (tertiary/aromatic N) is 1. The van der Waals surface area contributed by atoms with Crippen molar-refractivity contribution in [3.05, 3.63) is 74.4 Å². The van der Waals surface area contributed by atoms with Crippen LogP contribution in [0, 0.1) is 10.1 Å². The van der Waals surface area contributed by atoms with Gasteiger partial charge in [0, 0.05) is 17.7 Å². The summed E-state index contributed by atoms with van der Waals surface area (Å²) in [4.78, 5) is 34.7. The van der Waals surface area contributed by atoms with Crippen LogP contribution in [0.25, 0.3) is 0 Å². The Kier molecular flexibility index (Phi) is 11.7. The van der Waals surface area contributed by atoms with Crippen molar-refractivity contribution in [1.29, 1.82) is 0 Å². The van der Waals surface area contributed by atoms with Crippen LogP contribution in [0.3, 0.4) is 0 Å². The Bertz CT molecular complexity index is 944.